The van der Waals surface area contributed by atoms with Crippen LogP contribution in [0, 0.1) is 17.8 Å². The van der Waals surface area contributed by atoms with Crippen LogP contribution in [0.15, 0.2) is 44.9 Å². The average molecular weight is 2600 g/mol. The number of aliphatic hydroxyl groups is 1. The van der Waals surface area contributed by atoms with E-state index in [0.717, 1.165) is 65.4 Å². The number of alkyl carbamates (subject to hydrolysis) is 2. The molecule has 0 saturated carbocycles. The number of nitrogens with one attached hydrogen (secondary N) is 8. The Morgan fingerprint density at radius 1 is 0.419 bits per heavy atom. The second kappa shape index (κ2) is 71.2. The van der Waals surface area contributed by atoms with Gasteiger partial charge in [0.25, 0.3) is 0 Å². The number of aromatic nitrogens is 6. The summed E-state index contributed by atoms with van der Waals surface area (Å²) in [4.78, 5) is 157. The molecule has 6 aromatic heterocycles. The van der Waals surface area contributed by atoms with E-state index in [2.05, 4.69) is 202 Å². The average Bonchev–Trinajstić information content (AvgIpc) is 1.79. The van der Waals surface area contributed by atoms with Crippen molar-refractivity contribution in [3.63, 3.8) is 0 Å². The SMILES string of the molecule is C.C.CC(C)c1nc(CN(C)C(=O)N[C@H](C(=O)O)C(C)C)cs1.CC[C@@H](CC[C@H](CC)NC(=O)[C@@H](NC(=O)N(C)Cc1csc(C(C)C)n1)C(C)C)NC(=O)OCc1cncs1.CC[C@@H](CC[C@H](CC)NC(=O)[C@@H](NC(=O)N(C)Cc1csc(C(C)C)n1)C(C)O)NC(=O)OCc1cncs1.COC(=O)[C@@H](NC(=O)N(C)Cc1csc(C(C)C)n1)C(C)C.I.II.I[I-]I. The van der Waals surface area contributed by atoms with Gasteiger partial charge in [0.05, 0.1) is 103 Å². The molecule has 0 spiro atoms. The summed E-state index contributed by atoms with van der Waals surface area (Å²) < 4.78 is 15.3. The van der Waals surface area contributed by atoms with Crippen molar-refractivity contribution in [2.24, 2.45) is 17.8 Å². The van der Waals surface area contributed by atoms with Gasteiger partial charge in [0, 0.05) is 147 Å². The van der Waals surface area contributed by atoms with Gasteiger partial charge in [-0.15, -0.1) is 92.0 Å². The van der Waals surface area contributed by atoms with Gasteiger partial charge >= 0.3 is 98.7 Å². The predicted molar refractivity (Wildman–Crippen MR) is 563 cm³/mol. The summed E-state index contributed by atoms with van der Waals surface area (Å²) in [6.45, 7) is 38.9. The van der Waals surface area contributed by atoms with E-state index >= 15 is 0 Å². The number of aliphatic carboxylic acids is 1. The van der Waals surface area contributed by atoms with Gasteiger partial charge in [-0.25, -0.2) is 58.3 Å². The van der Waals surface area contributed by atoms with Crippen LogP contribution in [0.4, 0.5) is 28.8 Å². The van der Waals surface area contributed by atoms with E-state index in [1.807, 2.05) is 76.9 Å². The molecule has 0 aliphatic heterocycles. The molecule has 0 fully saturated rings. The van der Waals surface area contributed by atoms with E-state index in [1.54, 1.807) is 116 Å². The first-order valence-electron chi connectivity index (χ1n) is 41.5. The van der Waals surface area contributed by atoms with Crippen molar-refractivity contribution < 1.29 is 85.6 Å². The Hall–Kier alpha value is -4.38. The van der Waals surface area contributed by atoms with Crippen LogP contribution in [0.25, 0.3) is 0 Å². The van der Waals surface area contributed by atoms with Gasteiger partial charge in [0.1, 0.15) is 37.4 Å². The van der Waals surface area contributed by atoms with E-state index < -0.39 is 72.4 Å². The number of hydrogen-bond donors (Lipinski definition) is 10. The maximum absolute atomic E-state index is 13.2. The normalized spacial score (nSPS) is 12.8. The third kappa shape index (κ3) is 51.9. The Labute approximate surface area is 860 Å². The number of carboxylic acids is 1. The second-order valence-corrected chi connectivity index (χ2v) is 53.6. The number of amides is 12. The van der Waals surface area contributed by atoms with E-state index in [1.165, 1.54) is 51.4 Å². The van der Waals surface area contributed by atoms with Gasteiger partial charge in [-0.05, 0) is 76.0 Å². The van der Waals surface area contributed by atoms with Crippen molar-refractivity contribution in [3.8, 4) is 0 Å². The second-order valence-electron chi connectivity index (χ2n) is 31.8. The van der Waals surface area contributed by atoms with Crippen molar-refractivity contribution in [2.45, 2.75) is 315 Å². The molecular formula is C84H143I6N18O15S6-. The Morgan fingerprint density at radius 2 is 0.674 bits per heavy atom. The third-order valence-corrected chi connectivity index (χ3v) is 25.1. The molecule has 33 nitrogen and oxygen atoms in total. The van der Waals surface area contributed by atoms with Gasteiger partial charge in [-0.3, -0.25) is 19.6 Å². The first-order chi connectivity index (χ1) is 59.5. The number of aliphatic hydroxyl groups excluding tert-OH is 1. The van der Waals surface area contributed by atoms with Gasteiger partial charge < -0.3 is 86.6 Å². The number of hydrogen-bond acceptors (Lipinski definition) is 26. The molecule has 0 saturated heterocycles. The minimum absolute atomic E-state index is 0. The van der Waals surface area contributed by atoms with Gasteiger partial charge in [-0.1, -0.05) is 139 Å². The molecule has 12 amide bonds. The van der Waals surface area contributed by atoms with Crippen LogP contribution in [-0.4, -0.2) is 210 Å². The molecule has 10 N–H and O–H groups in total. The first-order valence-corrected chi connectivity index (χ1v) is 65.7. The van der Waals surface area contributed by atoms with E-state index in [4.69, 9.17) is 19.3 Å². The van der Waals surface area contributed by atoms with E-state index in [0.29, 0.717) is 102 Å². The van der Waals surface area contributed by atoms with Gasteiger partial charge in [-0.2, -0.15) is 0 Å². The summed E-state index contributed by atoms with van der Waals surface area (Å²) in [5.74, 6) is -1.05. The van der Waals surface area contributed by atoms with Crippen molar-refractivity contribution in [1.82, 2.24) is 92.0 Å². The standard InChI is InChI=1S/C27H44N6O4S2.C26H42N6O5S2.C15H25N3O3S.C14H23N3O3S.2CH4.I3.I2.HI/c1-8-19(10-11-20(9-2)31-27(36)37-14-22-12-28-16-39-22)29-24(34)23(17(3)4)32-26(35)33(7)13-21-15-38-25(30-21)18(5)6;1-7-18(9-10-19(8-2)30-26(36)37-13-21-11-27-15-39-21)28-23(34)22(17(5)33)31-25(35)32(6)12-20-14-38-24(29-20)16(3)4;1-9(2)12(14(19)21-6)17-15(20)18(5)7-11-8-22-13(16-11)10(3)4;1-8(2)11(13(18)19)16-14(20)17(5)6-10-7-21-12(15-10)9(3)4;;;1-3-2;1-2;/h12,15-20,23H,8-11,13-14H2,1-7H3,(H,29,34)(H,31,36)(H,32,35);11,14-19,22,33H,7-10,12-13H2,1-6H3,(H,28,34)(H,30,36)(H,31,35);8-10,12H,7H2,1-6H3,(H,17,20);7-9,11H,6H2,1-5H3,(H,16,20)(H,18,19);2*1H4;;;1H/q;;;;;;-1;;/t19-,20-,23-;17?,18-,19-,22-;12-;11-;;;;;/m0000...../s1. The molecule has 129 heavy (non-hydrogen) atoms. The molecule has 6 aromatic rings. The molecule has 738 valence electrons. The number of thiazole rings is 6. The Bertz CT molecular complexity index is 3950. The van der Waals surface area contributed by atoms with Crippen LogP contribution in [0.2, 0.25) is 0 Å². The van der Waals surface area contributed by atoms with Crippen LogP contribution in [-0.2, 0) is 72.8 Å². The Kier molecular flexibility index (Phi) is 71.0. The minimum atomic E-state index is -1.11. The van der Waals surface area contributed by atoms with E-state index in [-0.39, 0.29) is 112 Å². The molecular weight excluding hydrogens is 2450 g/mol. The zero-order valence-electron chi connectivity index (χ0n) is 77.2. The van der Waals surface area contributed by atoms with Crippen molar-refractivity contribution in [1.29, 1.82) is 0 Å². The molecule has 6 heterocycles. The van der Waals surface area contributed by atoms with E-state index in [9.17, 15) is 53.1 Å². The summed E-state index contributed by atoms with van der Waals surface area (Å²) >= 11 is 18.7. The number of urea groups is 4. The van der Waals surface area contributed by atoms with Crippen LogP contribution >= 0.6 is 166 Å². The monoisotopic (exact) mass is 2600 g/mol. The van der Waals surface area contributed by atoms with Crippen LogP contribution in [0.5, 0.6) is 0 Å². The number of halogens is 6. The molecule has 6 rings (SSSR count). The summed E-state index contributed by atoms with van der Waals surface area (Å²) in [6.07, 6.45) is 6.75. The Balaban J connectivity index is -0.00000165. The number of nitrogens with zero attached hydrogens (tertiary/aromatic N) is 10. The fraction of sp³-hybridized carbons (Fsp3) is 0.667. The molecule has 0 aromatic carbocycles. The molecule has 1 unspecified atom stereocenters. The van der Waals surface area contributed by atoms with Crippen molar-refractivity contribution in [3.05, 3.63) is 97.5 Å². The summed E-state index contributed by atoms with van der Waals surface area (Å²) in [5, 5.41) is 53.8. The third-order valence-electron chi connectivity index (χ3n) is 18.8. The summed E-state index contributed by atoms with van der Waals surface area (Å²) in [5.41, 5.74) is 6.66. The fourth-order valence-corrected chi connectivity index (χ4v) is 15.5. The molecule has 0 radical (unpaired) electrons. The van der Waals surface area contributed by atoms with Crippen molar-refractivity contribution in [2.75, 3.05) is 35.3 Å². The summed E-state index contributed by atoms with van der Waals surface area (Å²) in [7, 11) is 7.95. The zero-order valence-corrected chi connectivity index (χ0v) is 95.2. The zero-order chi connectivity index (χ0) is 95.6. The maximum atomic E-state index is 13.2. The molecule has 45 heteroatoms. The van der Waals surface area contributed by atoms with Gasteiger partial charge in [0.2, 0.25) is 11.8 Å². The number of carbonyl (C=O) groups excluding carboxylic acids is 9. The van der Waals surface area contributed by atoms with Crippen molar-refractivity contribution >= 4 is 227 Å². The number of ether oxygens (including phenoxy) is 3. The number of esters is 1. The van der Waals surface area contributed by atoms with Gasteiger partial charge in [0.15, 0.2) is 0 Å². The quantitative estimate of drug-likeness (QED) is 0.00966. The summed E-state index contributed by atoms with van der Waals surface area (Å²) in [6, 6.07) is -5.30. The number of carboxylic acid groups (broad SMARTS) is 1. The first kappa shape index (κ1) is 129. The number of rotatable bonds is 42. The van der Waals surface area contributed by atoms with Crippen LogP contribution < -0.4 is 55.8 Å². The Morgan fingerprint density at radius 3 is 0.899 bits per heavy atom. The van der Waals surface area contributed by atoms with Crippen LogP contribution in [0.3, 0.4) is 0 Å². The molecule has 0 aliphatic rings. The number of carbonyl (C=O) groups is 10. The van der Waals surface area contributed by atoms with Crippen LogP contribution in [0.1, 0.15) is 274 Å². The molecule has 0 bridgehead atoms. The number of methoxy groups -OCH3 is 1. The molecule has 0 aliphatic carbocycles. The molecule has 9 atom stereocenters. The predicted octanol–water partition coefficient (Wildman–Crippen LogP) is 16.8. The fourth-order valence-electron chi connectivity index (χ4n) is 11.2. The topological polar surface area (TPSA) is 425 Å².